The summed E-state index contributed by atoms with van der Waals surface area (Å²) in [5, 5.41) is 10.7. The third kappa shape index (κ3) is 3.95. The molecular formula is C17H15NO6. The number of nitro benzene ring substituents is 1. The van der Waals surface area contributed by atoms with Gasteiger partial charge in [0, 0.05) is 17.7 Å². The second-order valence-electron chi connectivity index (χ2n) is 4.84. The van der Waals surface area contributed by atoms with Gasteiger partial charge in [0.25, 0.3) is 5.69 Å². The van der Waals surface area contributed by atoms with Crippen LogP contribution in [0.5, 0.6) is 0 Å². The van der Waals surface area contributed by atoms with Crippen molar-refractivity contribution in [3.63, 3.8) is 0 Å². The Morgan fingerprint density at radius 2 is 1.88 bits per heavy atom. The molecule has 0 unspecified atom stereocenters. The van der Waals surface area contributed by atoms with Crippen molar-refractivity contribution in [3.05, 3.63) is 57.8 Å². The standard InChI is InChI=1S/C17H15NO6/c1-3-23-17(20)15(11(2)19)10-14-8-9-16(24-14)12-4-6-13(7-5-12)18(21)22/h4-10H,3H2,1-2H3/b15-10+. The molecule has 1 aromatic heterocycles. The molecule has 2 aromatic rings. The smallest absolute Gasteiger partial charge is 0.341 e. The molecule has 0 bridgehead atoms. The van der Waals surface area contributed by atoms with Crippen molar-refractivity contribution in [3.8, 4) is 11.3 Å². The maximum atomic E-state index is 11.8. The second-order valence-corrected chi connectivity index (χ2v) is 4.84. The summed E-state index contributed by atoms with van der Waals surface area (Å²) in [6.07, 6.45) is 1.31. The zero-order valence-electron chi connectivity index (χ0n) is 13.1. The summed E-state index contributed by atoms with van der Waals surface area (Å²) in [5.41, 5.74) is 0.508. The molecule has 2 rings (SSSR count). The van der Waals surface area contributed by atoms with Crippen molar-refractivity contribution in [1.82, 2.24) is 0 Å². The predicted molar refractivity (Wildman–Crippen MR) is 86.1 cm³/mol. The number of rotatable bonds is 6. The number of benzene rings is 1. The van der Waals surface area contributed by atoms with Crippen LogP contribution < -0.4 is 0 Å². The van der Waals surface area contributed by atoms with Crippen LogP contribution in [-0.2, 0) is 14.3 Å². The van der Waals surface area contributed by atoms with E-state index in [1.807, 2.05) is 0 Å². The monoisotopic (exact) mass is 329 g/mol. The van der Waals surface area contributed by atoms with Gasteiger partial charge in [-0.1, -0.05) is 0 Å². The summed E-state index contributed by atoms with van der Waals surface area (Å²) in [6.45, 7) is 3.08. The van der Waals surface area contributed by atoms with E-state index in [9.17, 15) is 19.7 Å². The van der Waals surface area contributed by atoms with Crippen LogP contribution in [0.4, 0.5) is 5.69 Å². The number of furan rings is 1. The number of ketones is 1. The van der Waals surface area contributed by atoms with Gasteiger partial charge in [-0.2, -0.15) is 0 Å². The van der Waals surface area contributed by atoms with Gasteiger partial charge in [0.1, 0.15) is 17.1 Å². The molecule has 0 aliphatic heterocycles. The number of nitrogens with zero attached hydrogens (tertiary/aromatic N) is 1. The fraction of sp³-hybridized carbons (Fsp3) is 0.176. The van der Waals surface area contributed by atoms with Gasteiger partial charge in [-0.05, 0) is 44.2 Å². The number of Topliss-reactive ketones (excluding diaryl/α,β-unsaturated/α-hetero) is 1. The molecule has 0 radical (unpaired) electrons. The first kappa shape index (κ1) is 17.1. The van der Waals surface area contributed by atoms with Crippen molar-refractivity contribution in [2.24, 2.45) is 0 Å². The van der Waals surface area contributed by atoms with Crippen LogP contribution in [0, 0.1) is 10.1 Å². The Balaban J connectivity index is 2.28. The minimum Gasteiger partial charge on any atom is -0.462 e. The quantitative estimate of drug-likeness (QED) is 0.201. The average Bonchev–Trinajstić information content (AvgIpc) is 3.01. The normalized spacial score (nSPS) is 11.2. The summed E-state index contributed by atoms with van der Waals surface area (Å²) in [7, 11) is 0. The van der Waals surface area contributed by atoms with E-state index >= 15 is 0 Å². The first-order valence-electron chi connectivity index (χ1n) is 7.16. The molecule has 0 N–H and O–H groups in total. The van der Waals surface area contributed by atoms with Crippen LogP contribution in [-0.4, -0.2) is 23.3 Å². The lowest BCUT2D eigenvalue weighted by atomic mass is 10.1. The first-order chi connectivity index (χ1) is 11.4. The number of hydrogen-bond donors (Lipinski definition) is 0. The van der Waals surface area contributed by atoms with E-state index in [4.69, 9.17) is 9.15 Å². The first-order valence-corrected chi connectivity index (χ1v) is 7.16. The average molecular weight is 329 g/mol. The highest BCUT2D eigenvalue weighted by Crippen LogP contribution is 2.25. The molecule has 0 aliphatic rings. The van der Waals surface area contributed by atoms with Crippen molar-refractivity contribution >= 4 is 23.5 Å². The number of non-ortho nitro benzene ring substituents is 1. The highest BCUT2D eigenvalue weighted by molar-refractivity contribution is 6.19. The molecule has 24 heavy (non-hydrogen) atoms. The summed E-state index contributed by atoms with van der Waals surface area (Å²) < 4.78 is 10.4. The lowest BCUT2D eigenvalue weighted by Crippen LogP contribution is -2.13. The van der Waals surface area contributed by atoms with Crippen LogP contribution >= 0.6 is 0 Å². The SMILES string of the molecule is CCOC(=O)/C(=C/c1ccc(-c2ccc([N+](=O)[O-])cc2)o1)C(C)=O. The third-order valence-corrected chi connectivity index (χ3v) is 3.15. The number of ether oxygens (including phenoxy) is 1. The van der Waals surface area contributed by atoms with Crippen molar-refractivity contribution in [2.45, 2.75) is 13.8 Å². The number of carbonyl (C=O) groups is 2. The summed E-state index contributed by atoms with van der Waals surface area (Å²) in [5.74, 6) is -0.371. The number of carbonyl (C=O) groups excluding carboxylic acids is 2. The van der Waals surface area contributed by atoms with Crippen molar-refractivity contribution < 1.29 is 23.7 Å². The summed E-state index contributed by atoms with van der Waals surface area (Å²) >= 11 is 0. The van der Waals surface area contributed by atoms with E-state index in [0.717, 1.165) is 0 Å². The van der Waals surface area contributed by atoms with E-state index in [-0.39, 0.29) is 17.9 Å². The predicted octanol–water partition coefficient (Wildman–Crippen LogP) is 3.39. The molecule has 124 valence electrons. The number of hydrogen-bond acceptors (Lipinski definition) is 6. The maximum Gasteiger partial charge on any atom is 0.341 e. The molecule has 7 heteroatoms. The Morgan fingerprint density at radius 1 is 1.21 bits per heavy atom. The van der Waals surface area contributed by atoms with Crippen LogP contribution in [0.3, 0.4) is 0 Å². The lowest BCUT2D eigenvalue weighted by Gasteiger charge is -2.02. The number of nitro groups is 1. The fourth-order valence-corrected chi connectivity index (χ4v) is 1.99. The zero-order valence-corrected chi connectivity index (χ0v) is 13.1. The third-order valence-electron chi connectivity index (χ3n) is 3.15. The Morgan fingerprint density at radius 3 is 2.42 bits per heavy atom. The molecule has 1 aromatic carbocycles. The Hall–Kier alpha value is -3.22. The Labute approximate surface area is 137 Å². The topological polar surface area (TPSA) is 99.7 Å². The Kier molecular flexibility index (Phi) is 5.26. The van der Waals surface area contributed by atoms with Gasteiger partial charge >= 0.3 is 5.97 Å². The van der Waals surface area contributed by atoms with Crippen LogP contribution in [0.15, 0.2) is 46.4 Å². The van der Waals surface area contributed by atoms with Crippen LogP contribution in [0.2, 0.25) is 0 Å². The highest BCUT2D eigenvalue weighted by atomic mass is 16.6. The molecule has 7 nitrogen and oxygen atoms in total. The molecule has 0 aliphatic carbocycles. The highest BCUT2D eigenvalue weighted by Gasteiger charge is 2.17. The molecule has 1 heterocycles. The summed E-state index contributed by atoms with van der Waals surface area (Å²) in [6, 6.07) is 9.10. The van der Waals surface area contributed by atoms with E-state index in [0.29, 0.717) is 17.1 Å². The van der Waals surface area contributed by atoms with Crippen molar-refractivity contribution in [1.29, 1.82) is 0 Å². The van der Waals surface area contributed by atoms with E-state index in [1.54, 1.807) is 31.2 Å². The Bertz CT molecular complexity index is 801. The van der Waals surface area contributed by atoms with Gasteiger partial charge < -0.3 is 9.15 Å². The van der Waals surface area contributed by atoms with Gasteiger partial charge in [0.2, 0.25) is 0 Å². The van der Waals surface area contributed by atoms with E-state index in [2.05, 4.69) is 0 Å². The molecule has 0 amide bonds. The fourth-order valence-electron chi connectivity index (χ4n) is 1.99. The zero-order chi connectivity index (χ0) is 17.7. The second kappa shape index (κ2) is 7.36. The molecule has 0 atom stereocenters. The molecule has 0 fully saturated rings. The number of esters is 1. The lowest BCUT2D eigenvalue weighted by molar-refractivity contribution is -0.384. The van der Waals surface area contributed by atoms with Gasteiger partial charge in [-0.3, -0.25) is 14.9 Å². The van der Waals surface area contributed by atoms with Crippen LogP contribution in [0.1, 0.15) is 19.6 Å². The minimum atomic E-state index is -0.710. The van der Waals surface area contributed by atoms with Crippen molar-refractivity contribution in [2.75, 3.05) is 6.61 Å². The maximum absolute atomic E-state index is 11.8. The van der Waals surface area contributed by atoms with Gasteiger partial charge in [-0.15, -0.1) is 0 Å². The van der Waals surface area contributed by atoms with Gasteiger partial charge in [-0.25, -0.2) is 4.79 Å². The molecule has 0 saturated carbocycles. The molecular weight excluding hydrogens is 314 g/mol. The minimum absolute atomic E-state index is 0.0217. The molecule has 0 saturated heterocycles. The van der Waals surface area contributed by atoms with Gasteiger partial charge in [0.05, 0.1) is 11.5 Å². The van der Waals surface area contributed by atoms with E-state index < -0.39 is 16.7 Å². The summed E-state index contributed by atoms with van der Waals surface area (Å²) in [4.78, 5) is 33.5. The molecule has 0 spiro atoms. The van der Waals surface area contributed by atoms with E-state index in [1.165, 1.54) is 25.1 Å². The van der Waals surface area contributed by atoms with Crippen LogP contribution in [0.25, 0.3) is 17.4 Å². The largest absolute Gasteiger partial charge is 0.462 e. The van der Waals surface area contributed by atoms with Gasteiger partial charge in [0.15, 0.2) is 5.78 Å².